The highest BCUT2D eigenvalue weighted by molar-refractivity contribution is 4.51. The molecule has 1 N–H and O–H groups in total. The van der Waals surface area contributed by atoms with E-state index in [9.17, 15) is 0 Å². The van der Waals surface area contributed by atoms with Crippen LogP contribution in [0.3, 0.4) is 0 Å². The molecule has 1 nitrogen and oxygen atoms in total. The highest BCUT2D eigenvalue weighted by Gasteiger charge is 1.95. The Morgan fingerprint density at radius 2 is 1.42 bits per heavy atom. The Balaban J connectivity index is 0.000000211. The number of hydrogen-bond acceptors (Lipinski definition) is 1. The van der Waals surface area contributed by atoms with Crippen LogP contribution in [-0.2, 0) is 0 Å². The van der Waals surface area contributed by atoms with Crippen molar-refractivity contribution in [1.29, 1.82) is 0 Å². The van der Waals surface area contributed by atoms with Gasteiger partial charge in [-0.3, -0.25) is 0 Å². The lowest BCUT2D eigenvalue weighted by Gasteiger charge is -2.03. The summed E-state index contributed by atoms with van der Waals surface area (Å²) in [5, 5.41) is 3.30. The van der Waals surface area contributed by atoms with Crippen LogP contribution in [0.2, 0.25) is 0 Å². The van der Waals surface area contributed by atoms with Gasteiger partial charge in [0.2, 0.25) is 0 Å². The molecule has 0 aliphatic heterocycles. The van der Waals surface area contributed by atoms with E-state index >= 15 is 0 Å². The standard InChI is InChI=1S/C6H15N.C5H10/c1-4-5-7-6(2)3;1-2-4-5-3-1/h6-7H,4-5H2,1-3H3;1-5H2. The van der Waals surface area contributed by atoms with Crippen LogP contribution < -0.4 is 5.32 Å². The van der Waals surface area contributed by atoms with Crippen molar-refractivity contribution in [3.63, 3.8) is 0 Å². The van der Waals surface area contributed by atoms with Crippen LogP contribution in [0.25, 0.3) is 0 Å². The first-order valence-corrected chi connectivity index (χ1v) is 5.50. The van der Waals surface area contributed by atoms with Gasteiger partial charge in [0.1, 0.15) is 0 Å². The van der Waals surface area contributed by atoms with Crippen LogP contribution in [0.5, 0.6) is 0 Å². The zero-order chi connectivity index (χ0) is 9.23. The summed E-state index contributed by atoms with van der Waals surface area (Å²) < 4.78 is 0. The van der Waals surface area contributed by atoms with Gasteiger partial charge in [-0.25, -0.2) is 0 Å². The van der Waals surface area contributed by atoms with Gasteiger partial charge < -0.3 is 5.32 Å². The Morgan fingerprint density at radius 1 is 1.00 bits per heavy atom. The maximum Gasteiger partial charge on any atom is 0.00103 e. The van der Waals surface area contributed by atoms with E-state index in [0.717, 1.165) is 6.54 Å². The highest BCUT2D eigenvalue weighted by atomic mass is 14.9. The maximum absolute atomic E-state index is 3.30. The van der Waals surface area contributed by atoms with Gasteiger partial charge in [-0.2, -0.15) is 0 Å². The zero-order valence-corrected chi connectivity index (χ0v) is 9.03. The average molecular weight is 171 g/mol. The summed E-state index contributed by atoms with van der Waals surface area (Å²) in [6.07, 6.45) is 8.73. The van der Waals surface area contributed by atoms with Crippen LogP contribution in [0.1, 0.15) is 59.3 Å². The van der Waals surface area contributed by atoms with Gasteiger partial charge in [0.05, 0.1) is 0 Å². The van der Waals surface area contributed by atoms with Crippen molar-refractivity contribution in [1.82, 2.24) is 5.32 Å². The second-order valence-electron chi connectivity index (χ2n) is 3.88. The van der Waals surface area contributed by atoms with Gasteiger partial charge in [-0.15, -0.1) is 0 Å². The topological polar surface area (TPSA) is 12.0 Å². The van der Waals surface area contributed by atoms with E-state index < -0.39 is 0 Å². The van der Waals surface area contributed by atoms with Crippen LogP contribution in [0.15, 0.2) is 0 Å². The molecule has 0 aromatic carbocycles. The molecule has 0 amide bonds. The Kier molecular flexibility index (Phi) is 9.02. The summed E-state index contributed by atoms with van der Waals surface area (Å²) in [5.41, 5.74) is 0. The fourth-order valence-corrected chi connectivity index (χ4v) is 1.32. The summed E-state index contributed by atoms with van der Waals surface area (Å²) in [5.74, 6) is 0. The van der Waals surface area contributed by atoms with E-state index in [1.807, 2.05) is 0 Å². The summed E-state index contributed by atoms with van der Waals surface area (Å²) in [7, 11) is 0. The van der Waals surface area contributed by atoms with Crippen molar-refractivity contribution >= 4 is 0 Å². The Bertz CT molecular complexity index is 67.5. The van der Waals surface area contributed by atoms with Crippen LogP contribution in [0, 0.1) is 0 Å². The van der Waals surface area contributed by atoms with E-state index in [1.165, 1.54) is 38.5 Å². The molecule has 0 radical (unpaired) electrons. The second-order valence-corrected chi connectivity index (χ2v) is 3.88. The summed E-state index contributed by atoms with van der Waals surface area (Å²) in [4.78, 5) is 0. The molecule has 1 aliphatic carbocycles. The minimum absolute atomic E-state index is 0.653. The fraction of sp³-hybridized carbons (Fsp3) is 1.00. The first-order valence-electron chi connectivity index (χ1n) is 5.50. The molecular formula is C11H25N. The van der Waals surface area contributed by atoms with E-state index in [2.05, 4.69) is 26.1 Å². The molecule has 0 aromatic heterocycles. The molecule has 74 valence electrons. The largest absolute Gasteiger partial charge is 0.315 e. The van der Waals surface area contributed by atoms with Gasteiger partial charge >= 0.3 is 0 Å². The number of rotatable bonds is 3. The molecule has 0 bridgehead atoms. The monoisotopic (exact) mass is 171 g/mol. The predicted molar refractivity (Wildman–Crippen MR) is 56.5 cm³/mol. The van der Waals surface area contributed by atoms with Gasteiger partial charge in [-0.1, -0.05) is 52.9 Å². The lowest BCUT2D eigenvalue weighted by Crippen LogP contribution is -2.22. The molecule has 0 atom stereocenters. The average Bonchev–Trinajstić information content (AvgIpc) is 2.57. The van der Waals surface area contributed by atoms with Crippen molar-refractivity contribution < 1.29 is 0 Å². The molecule has 1 fully saturated rings. The van der Waals surface area contributed by atoms with Crippen LogP contribution in [-0.4, -0.2) is 12.6 Å². The summed E-state index contributed by atoms with van der Waals surface area (Å²) in [6.45, 7) is 7.65. The minimum atomic E-state index is 0.653. The Morgan fingerprint density at radius 3 is 1.58 bits per heavy atom. The Labute approximate surface area is 77.9 Å². The molecule has 12 heavy (non-hydrogen) atoms. The van der Waals surface area contributed by atoms with Gasteiger partial charge in [0, 0.05) is 6.04 Å². The van der Waals surface area contributed by atoms with Crippen molar-refractivity contribution in [3.8, 4) is 0 Å². The molecule has 0 aromatic rings. The molecule has 0 spiro atoms. The first kappa shape index (κ1) is 12.0. The molecule has 0 saturated heterocycles. The van der Waals surface area contributed by atoms with Gasteiger partial charge in [0.15, 0.2) is 0 Å². The molecule has 1 saturated carbocycles. The van der Waals surface area contributed by atoms with Crippen molar-refractivity contribution in [3.05, 3.63) is 0 Å². The van der Waals surface area contributed by atoms with Crippen molar-refractivity contribution in [2.24, 2.45) is 0 Å². The maximum atomic E-state index is 3.30. The van der Waals surface area contributed by atoms with Crippen LogP contribution in [0.4, 0.5) is 0 Å². The third-order valence-electron chi connectivity index (χ3n) is 2.05. The number of hydrogen-bond donors (Lipinski definition) is 1. The third-order valence-corrected chi connectivity index (χ3v) is 2.05. The highest BCUT2D eigenvalue weighted by Crippen LogP contribution is 2.15. The summed E-state index contributed by atoms with van der Waals surface area (Å²) in [6, 6.07) is 0.653. The smallest absolute Gasteiger partial charge is 0.00103 e. The molecule has 0 heterocycles. The zero-order valence-electron chi connectivity index (χ0n) is 9.03. The minimum Gasteiger partial charge on any atom is -0.315 e. The lowest BCUT2D eigenvalue weighted by molar-refractivity contribution is 0.584. The predicted octanol–water partition coefficient (Wildman–Crippen LogP) is 3.34. The quantitative estimate of drug-likeness (QED) is 0.686. The summed E-state index contributed by atoms with van der Waals surface area (Å²) >= 11 is 0. The van der Waals surface area contributed by atoms with Gasteiger partial charge in [0.25, 0.3) is 0 Å². The fourth-order valence-electron chi connectivity index (χ4n) is 1.32. The van der Waals surface area contributed by atoms with E-state index in [-0.39, 0.29) is 0 Å². The molecule has 1 aliphatic rings. The molecule has 0 unspecified atom stereocenters. The van der Waals surface area contributed by atoms with Crippen LogP contribution >= 0.6 is 0 Å². The van der Waals surface area contributed by atoms with Gasteiger partial charge in [-0.05, 0) is 13.0 Å². The van der Waals surface area contributed by atoms with Crippen molar-refractivity contribution in [2.45, 2.75) is 65.3 Å². The normalized spacial score (nSPS) is 16.0. The lowest BCUT2D eigenvalue weighted by atomic mass is 10.4. The first-order chi connectivity index (χ1) is 5.77. The second kappa shape index (κ2) is 9.05. The molecular weight excluding hydrogens is 146 g/mol. The number of nitrogens with one attached hydrogen (secondary N) is 1. The van der Waals surface area contributed by atoms with E-state index in [1.54, 1.807) is 0 Å². The SMILES string of the molecule is C1CCCC1.CCCNC(C)C. The van der Waals surface area contributed by atoms with E-state index in [4.69, 9.17) is 0 Å². The van der Waals surface area contributed by atoms with Crippen molar-refractivity contribution in [2.75, 3.05) is 6.54 Å². The third kappa shape index (κ3) is 9.96. The molecule has 1 rings (SSSR count). The molecule has 1 heteroatoms. The van der Waals surface area contributed by atoms with E-state index in [0.29, 0.717) is 6.04 Å². The Hall–Kier alpha value is -0.0400.